The van der Waals surface area contributed by atoms with Crippen LogP contribution in [0.4, 0.5) is 11.5 Å². The van der Waals surface area contributed by atoms with Crippen molar-refractivity contribution in [2.24, 2.45) is 0 Å². The average molecular weight is 305 g/mol. The Morgan fingerprint density at radius 3 is 2.57 bits per heavy atom. The summed E-state index contributed by atoms with van der Waals surface area (Å²) in [6.07, 6.45) is 1.58. The van der Waals surface area contributed by atoms with Gasteiger partial charge in [0.05, 0.1) is 0 Å². The summed E-state index contributed by atoms with van der Waals surface area (Å²) in [6.45, 7) is 0. The number of nitrogens with zero attached hydrogens (tertiary/aromatic N) is 1. The van der Waals surface area contributed by atoms with Crippen molar-refractivity contribution >= 4 is 17.4 Å². The molecule has 0 aliphatic heterocycles. The van der Waals surface area contributed by atoms with Gasteiger partial charge in [0, 0.05) is 23.5 Å². The van der Waals surface area contributed by atoms with Crippen molar-refractivity contribution in [3.8, 4) is 11.5 Å². The fourth-order valence-electron chi connectivity index (χ4n) is 2.04. The molecule has 3 N–H and O–H groups in total. The minimum Gasteiger partial charge on any atom is -0.457 e. The minimum atomic E-state index is -0.276. The Balaban J connectivity index is 1.74. The quantitative estimate of drug-likeness (QED) is 0.720. The Bertz CT molecular complexity index is 819. The summed E-state index contributed by atoms with van der Waals surface area (Å²) >= 11 is 0. The molecule has 0 saturated carbocycles. The number of nitrogen functional groups attached to an aromatic ring is 1. The molecule has 0 atom stereocenters. The summed E-state index contributed by atoms with van der Waals surface area (Å²) in [5.74, 6) is 1.44. The topological polar surface area (TPSA) is 77.2 Å². The second-order valence-corrected chi connectivity index (χ2v) is 4.87. The number of carbonyl (C=O) groups is 1. The maximum Gasteiger partial charge on any atom is 0.256 e. The van der Waals surface area contributed by atoms with E-state index >= 15 is 0 Å². The van der Waals surface area contributed by atoms with E-state index in [0.29, 0.717) is 28.6 Å². The Morgan fingerprint density at radius 2 is 1.78 bits per heavy atom. The smallest absolute Gasteiger partial charge is 0.256 e. The number of aromatic nitrogens is 1. The van der Waals surface area contributed by atoms with Gasteiger partial charge in [0.1, 0.15) is 17.3 Å². The fraction of sp³-hybridized carbons (Fsp3) is 0. The van der Waals surface area contributed by atoms with E-state index in [0.717, 1.165) is 0 Å². The van der Waals surface area contributed by atoms with Gasteiger partial charge >= 0.3 is 0 Å². The summed E-state index contributed by atoms with van der Waals surface area (Å²) in [6, 6.07) is 19.5. The standard InChI is InChI=1S/C18H15N3O2/c19-14-6-4-5-13(11-14)18(22)21-17-12-16(9-10-20-17)23-15-7-2-1-3-8-15/h1-12H,19H2,(H,20,21,22). The number of rotatable bonds is 4. The zero-order chi connectivity index (χ0) is 16.1. The first-order chi connectivity index (χ1) is 11.2. The maximum absolute atomic E-state index is 12.2. The van der Waals surface area contributed by atoms with E-state index in [1.807, 2.05) is 30.3 Å². The van der Waals surface area contributed by atoms with Crippen LogP contribution in [0.2, 0.25) is 0 Å². The van der Waals surface area contributed by atoms with Gasteiger partial charge in [-0.15, -0.1) is 0 Å². The van der Waals surface area contributed by atoms with Crippen LogP contribution < -0.4 is 15.8 Å². The van der Waals surface area contributed by atoms with Crippen LogP contribution in [0.1, 0.15) is 10.4 Å². The molecule has 5 heteroatoms. The molecule has 1 heterocycles. The second kappa shape index (κ2) is 6.62. The third-order valence-corrected chi connectivity index (χ3v) is 3.10. The highest BCUT2D eigenvalue weighted by Crippen LogP contribution is 2.22. The highest BCUT2D eigenvalue weighted by Gasteiger charge is 2.08. The van der Waals surface area contributed by atoms with Gasteiger partial charge in [-0.3, -0.25) is 4.79 Å². The molecule has 0 saturated heterocycles. The Kier molecular flexibility index (Phi) is 4.20. The van der Waals surface area contributed by atoms with Crippen molar-refractivity contribution in [2.45, 2.75) is 0 Å². The summed E-state index contributed by atoms with van der Waals surface area (Å²) in [4.78, 5) is 16.3. The van der Waals surface area contributed by atoms with Crippen LogP contribution in [0, 0.1) is 0 Å². The van der Waals surface area contributed by atoms with Crippen molar-refractivity contribution in [3.63, 3.8) is 0 Å². The zero-order valence-electron chi connectivity index (χ0n) is 12.3. The summed E-state index contributed by atoms with van der Waals surface area (Å²) in [5, 5.41) is 2.73. The van der Waals surface area contributed by atoms with Gasteiger partial charge in [-0.25, -0.2) is 4.98 Å². The number of nitrogens with one attached hydrogen (secondary N) is 1. The third kappa shape index (κ3) is 3.85. The molecule has 1 aromatic heterocycles. The number of carbonyl (C=O) groups excluding carboxylic acids is 1. The minimum absolute atomic E-state index is 0.276. The molecule has 0 unspecified atom stereocenters. The molecular weight excluding hydrogens is 290 g/mol. The molecule has 0 aliphatic carbocycles. The average Bonchev–Trinajstić information content (AvgIpc) is 2.56. The molecule has 114 valence electrons. The lowest BCUT2D eigenvalue weighted by Crippen LogP contribution is -2.13. The predicted octanol–water partition coefficient (Wildman–Crippen LogP) is 3.71. The lowest BCUT2D eigenvalue weighted by molar-refractivity contribution is 0.102. The van der Waals surface area contributed by atoms with Crippen LogP contribution in [-0.4, -0.2) is 10.9 Å². The van der Waals surface area contributed by atoms with Gasteiger partial charge in [-0.1, -0.05) is 24.3 Å². The molecule has 0 aliphatic rings. The van der Waals surface area contributed by atoms with Gasteiger partial charge in [0.15, 0.2) is 0 Å². The Hall–Kier alpha value is -3.34. The van der Waals surface area contributed by atoms with E-state index in [2.05, 4.69) is 10.3 Å². The number of benzene rings is 2. The first-order valence-electron chi connectivity index (χ1n) is 7.06. The molecule has 0 bridgehead atoms. The van der Waals surface area contributed by atoms with Gasteiger partial charge in [0.2, 0.25) is 0 Å². The van der Waals surface area contributed by atoms with E-state index in [1.165, 1.54) is 0 Å². The van der Waals surface area contributed by atoms with Gasteiger partial charge in [-0.2, -0.15) is 0 Å². The van der Waals surface area contributed by atoms with Crippen molar-refractivity contribution in [2.75, 3.05) is 11.1 Å². The van der Waals surface area contributed by atoms with Crippen LogP contribution >= 0.6 is 0 Å². The molecule has 0 spiro atoms. The molecule has 23 heavy (non-hydrogen) atoms. The van der Waals surface area contributed by atoms with E-state index in [-0.39, 0.29) is 5.91 Å². The number of ether oxygens (including phenoxy) is 1. The van der Waals surface area contributed by atoms with Crippen LogP contribution in [-0.2, 0) is 0 Å². The zero-order valence-corrected chi connectivity index (χ0v) is 12.3. The molecule has 3 rings (SSSR count). The first kappa shape index (κ1) is 14.6. The molecule has 0 radical (unpaired) electrons. The van der Waals surface area contributed by atoms with E-state index < -0.39 is 0 Å². The van der Waals surface area contributed by atoms with Crippen LogP contribution in [0.5, 0.6) is 11.5 Å². The Labute approximate surface area is 133 Å². The Morgan fingerprint density at radius 1 is 0.957 bits per heavy atom. The number of hydrogen-bond donors (Lipinski definition) is 2. The van der Waals surface area contributed by atoms with Crippen LogP contribution in [0.25, 0.3) is 0 Å². The number of hydrogen-bond acceptors (Lipinski definition) is 4. The van der Waals surface area contributed by atoms with Crippen LogP contribution in [0.3, 0.4) is 0 Å². The van der Waals surface area contributed by atoms with E-state index in [9.17, 15) is 4.79 Å². The number of amides is 1. The third-order valence-electron chi connectivity index (χ3n) is 3.10. The summed E-state index contributed by atoms with van der Waals surface area (Å²) in [7, 11) is 0. The number of nitrogens with two attached hydrogens (primary N) is 1. The fourth-order valence-corrected chi connectivity index (χ4v) is 2.04. The first-order valence-corrected chi connectivity index (χ1v) is 7.06. The molecule has 0 fully saturated rings. The molecular formula is C18H15N3O2. The highest BCUT2D eigenvalue weighted by molar-refractivity contribution is 6.04. The SMILES string of the molecule is Nc1cccc(C(=O)Nc2cc(Oc3ccccc3)ccn2)c1. The molecule has 5 nitrogen and oxygen atoms in total. The maximum atomic E-state index is 12.2. The van der Waals surface area contributed by atoms with Crippen molar-refractivity contribution in [3.05, 3.63) is 78.5 Å². The van der Waals surface area contributed by atoms with Crippen LogP contribution in [0.15, 0.2) is 72.9 Å². The lowest BCUT2D eigenvalue weighted by Gasteiger charge is -2.08. The number of pyridine rings is 1. The van der Waals surface area contributed by atoms with Crippen molar-refractivity contribution < 1.29 is 9.53 Å². The molecule has 1 amide bonds. The van der Waals surface area contributed by atoms with Gasteiger partial charge < -0.3 is 15.8 Å². The predicted molar refractivity (Wildman–Crippen MR) is 89.6 cm³/mol. The van der Waals surface area contributed by atoms with E-state index in [4.69, 9.17) is 10.5 Å². The largest absolute Gasteiger partial charge is 0.457 e. The van der Waals surface area contributed by atoms with Gasteiger partial charge in [0.25, 0.3) is 5.91 Å². The molecule has 2 aromatic carbocycles. The van der Waals surface area contributed by atoms with E-state index in [1.54, 1.807) is 42.6 Å². The highest BCUT2D eigenvalue weighted by atomic mass is 16.5. The number of anilines is 2. The normalized spacial score (nSPS) is 10.1. The summed E-state index contributed by atoms with van der Waals surface area (Å²) in [5.41, 5.74) is 6.69. The monoisotopic (exact) mass is 305 g/mol. The second-order valence-electron chi connectivity index (χ2n) is 4.87. The lowest BCUT2D eigenvalue weighted by atomic mass is 10.2. The summed E-state index contributed by atoms with van der Waals surface area (Å²) < 4.78 is 5.71. The molecule has 3 aromatic rings. The van der Waals surface area contributed by atoms with Crippen molar-refractivity contribution in [1.29, 1.82) is 0 Å². The van der Waals surface area contributed by atoms with Gasteiger partial charge in [-0.05, 0) is 36.4 Å². The number of para-hydroxylation sites is 1. The van der Waals surface area contributed by atoms with Crippen molar-refractivity contribution in [1.82, 2.24) is 4.98 Å².